The first-order chi connectivity index (χ1) is 7.19. The van der Waals surface area contributed by atoms with E-state index in [1.165, 1.54) is 0 Å². The molecule has 0 radical (unpaired) electrons. The van der Waals surface area contributed by atoms with Gasteiger partial charge in [0.25, 0.3) is 0 Å². The number of nitrogens with one attached hydrogen (secondary N) is 1. The first-order valence-electron chi connectivity index (χ1n) is 5.11. The summed E-state index contributed by atoms with van der Waals surface area (Å²) in [7, 11) is 1.91. The molecule has 0 saturated carbocycles. The molecule has 6 heteroatoms. The Morgan fingerprint density at radius 2 is 2.20 bits per heavy atom. The lowest BCUT2D eigenvalue weighted by molar-refractivity contribution is 0.443. The third kappa shape index (κ3) is 3.46. The molecular weight excluding hydrogens is 210 g/mol. The molecule has 2 atom stereocenters. The number of hydrogen-bond acceptors (Lipinski definition) is 5. The number of rotatable bonds is 6. The van der Waals surface area contributed by atoms with E-state index in [1.54, 1.807) is 0 Å². The zero-order valence-electron chi connectivity index (χ0n) is 9.77. The van der Waals surface area contributed by atoms with Gasteiger partial charge in [0.05, 0.1) is 6.04 Å². The lowest BCUT2D eigenvalue weighted by Crippen LogP contribution is -2.21. The minimum Gasteiger partial charge on any atom is -0.311 e. The second kappa shape index (κ2) is 6.07. The van der Waals surface area contributed by atoms with Crippen molar-refractivity contribution in [2.45, 2.75) is 26.4 Å². The average molecular weight is 229 g/mol. The van der Waals surface area contributed by atoms with Gasteiger partial charge in [-0.2, -0.15) is 11.8 Å². The Morgan fingerprint density at radius 3 is 2.80 bits per heavy atom. The van der Waals surface area contributed by atoms with E-state index in [-0.39, 0.29) is 6.04 Å². The molecule has 0 aliphatic heterocycles. The van der Waals surface area contributed by atoms with Gasteiger partial charge in [-0.3, -0.25) is 0 Å². The van der Waals surface area contributed by atoms with E-state index >= 15 is 0 Å². The molecule has 1 aromatic rings. The maximum Gasteiger partial charge on any atom is 0.167 e. The van der Waals surface area contributed by atoms with Crippen LogP contribution in [0.4, 0.5) is 0 Å². The van der Waals surface area contributed by atoms with E-state index in [1.807, 2.05) is 23.5 Å². The zero-order chi connectivity index (χ0) is 11.3. The Bertz CT molecular complexity index is 288. The van der Waals surface area contributed by atoms with Crippen molar-refractivity contribution in [3.63, 3.8) is 0 Å². The van der Waals surface area contributed by atoms with Crippen molar-refractivity contribution in [2.24, 2.45) is 5.92 Å². The van der Waals surface area contributed by atoms with E-state index in [4.69, 9.17) is 0 Å². The van der Waals surface area contributed by atoms with Crippen molar-refractivity contribution in [3.05, 3.63) is 5.82 Å². The molecule has 2 unspecified atom stereocenters. The van der Waals surface area contributed by atoms with E-state index < -0.39 is 0 Å². The van der Waals surface area contributed by atoms with Crippen molar-refractivity contribution in [1.82, 2.24) is 25.5 Å². The lowest BCUT2D eigenvalue weighted by Gasteiger charge is -2.13. The molecule has 1 aromatic heterocycles. The van der Waals surface area contributed by atoms with Crippen molar-refractivity contribution in [1.29, 1.82) is 0 Å². The second-order valence-corrected chi connectivity index (χ2v) is 4.70. The Balaban J connectivity index is 2.64. The van der Waals surface area contributed by atoms with E-state index in [9.17, 15) is 0 Å². The molecule has 0 bridgehead atoms. The number of nitrogens with zero attached hydrogens (tertiary/aromatic N) is 4. The molecule has 0 amide bonds. The molecule has 1 N–H and O–H groups in total. The Kier molecular flexibility index (Phi) is 5.04. The van der Waals surface area contributed by atoms with Crippen LogP contribution in [0.15, 0.2) is 0 Å². The van der Waals surface area contributed by atoms with Crippen LogP contribution in [0.3, 0.4) is 0 Å². The number of hydrogen-bond donors (Lipinski definition) is 1. The third-order valence-electron chi connectivity index (χ3n) is 2.32. The third-order valence-corrected chi connectivity index (χ3v) is 3.22. The van der Waals surface area contributed by atoms with Crippen LogP contribution in [0.5, 0.6) is 0 Å². The van der Waals surface area contributed by atoms with E-state index in [0.717, 1.165) is 18.1 Å². The van der Waals surface area contributed by atoms with Crippen LogP contribution in [0.25, 0.3) is 0 Å². The second-order valence-electron chi connectivity index (χ2n) is 3.79. The van der Waals surface area contributed by atoms with E-state index in [0.29, 0.717) is 5.92 Å². The number of tetrazole rings is 1. The molecule has 0 saturated heterocycles. The smallest absolute Gasteiger partial charge is 0.167 e. The quantitative estimate of drug-likeness (QED) is 0.787. The van der Waals surface area contributed by atoms with Crippen molar-refractivity contribution in [3.8, 4) is 0 Å². The van der Waals surface area contributed by atoms with Gasteiger partial charge in [-0.1, -0.05) is 6.92 Å². The maximum atomic E-state index is 4.03. The topological polar surface area (TPSA) is 55.6 Å². The monoisotopic (exact) mass is 229 g/mol. The SMILES string of the molecule is CNC(C)c1nnnn1CC(C)CSC. The number of thioether (sulfide) groups is 1. The van der Waals surface area contributed by atoms with Crippen LogP contribution in [0.1, 0.15) is 25.7 Å². The molecule has 0 aliphatic carbocycles. The summed E-state index contributed by atoms with van der Waals surface area (Å²) in [6.07, 6.45) is 2.12. The molecule has 1 rings (SSSR count). The molecule has 0 aromatic carbocycles. The van der Waals surface area contributed by atoms with Gasteiger partial charge in [0, 0.05) is 6.54 Å². The Morgan fingerprint density at radius 1 is 1.47 bits per heavy atom. The molecule has 5 nitrogen and oxygen atoms in total. The van der Waals surface area contributed by atoms with Gasteiger partial charge in [0.2, 0.25) is 0 Å². The van der Waals surface area contributed by atoms with Crippen LogP contribution in [-0.2, 0) is 6.54 Å². The van der Waals surface area contributed by atoms with Crippen molar-refractivity contribution < 1.29 is 0 Å². The summed E-state index contributed by atoms with van der Waals surface area (Å²) in [5, 5.41) is 14.9. The summed E-state index contributed by atoms with van der Waals surface area (Å²) in [6, 6.07) is 0.196. The zero-order valence-corrected chi connectivity index (χ0v) is 10.6. The van der Waals surface area contributed by atoms with Crippen LogP contribution in [-0.4, -0.2) is 39.3 Å². The first-order valence-corrected chi connectivity index (χ1v) is 6.50. The highest BCUT2D eigenvalue weighted by molar-refractivity contribution is 7.98. The van der Waals surface area contributed by atoms with Crippen LogP contribution >= 0.6 is 11.8 Å². The Hall–Kier alpha value is -0.620. The van der Waals surface area contributed by atoms with Crippen LogP contribution < -0.4 is 5.32 Å². The summed E-state index contributed by atoms with van der Waals surface area (Å²) in [5.74, 6) is 2.63. The molecule has 86 valence electrons. The molecule has 0 spiro atoms. The highest BCUT2D eigenvalue weighted by Crippen LogP contribution is 2.11. The van der Waals surface area contributed by atoms with Gasteiger partial charge in [-0.15, -0.1) is 5.10 Å². The van der Waals surface area contributed by atoms with Gasteiger partial charge in [0.1, 0.15) is 0 Å². The summed E-state index contributed by atoms with van der Waals surface area (Å²) in [5.41, 5.74) is 0. The predicted octanol–water partition coefficient (Wildman–Crippen LogP) is 0.953. The summed E-state index contributed by atoms with van der Waals surface area (Å²) >= 11 is 1.85. The average Bonchev–Trinajstić information content (AvgIpc) is 2.65. The molecule has 0 aliphatic rings. The number of aromatic nitrogens is 4. The standard InChI is InChI=1S/C9H19N5S/c1-7(6-15-4)5-14-9(8(2)10-3)11-12-13-14/h7-8,10H,5-6H2,1-4H3. The maximum absolute atomic E-state index is 4.03. The normalized spacial score (nSPS) is 15.2. The molecule has 15 heavy (non-hydrogen) atoms. The molecule has 0 fully saturated rings. The summed E-state index contributed by atoms with van der Waals surface area (Å²) in [6.45, 7) is 5.16. The Labute approximate surface area is 95.0 Å². The minimum absolute atomic E-state index is 0.196. The minimum atomic E-state index is 0.196. The van der Waals surface area contributed by atoms with Crippen LogP contribution in [0, 0.1) is 5.92 Å². The predicted molar refractivity (Wildman–Crippen MR) is 62.8 cm³/mol. The highest BCUT2D eigenvalue weighted by atomic mass is 32.2. The molecular formula is C9H19N5S. The van der Waals surface area contributed by atoms with Crippen LogP contribution in [0.2, 0.25) is 0 Å². The fourth-order valence-electron chi connectivity index (χ4n) is 1.41. The summed E-state index contributed by atoms with van der Waals surface area (Å²) in [4.78, 5) is 0. The lowest BCUT2D eigenvalue weighted by atomic mass is 10.2. The van der Waals surface area contributed by atoms with Gasteiger partial charge in [-0.05, 0) is 42.3 Å². The van der Waals surface area contributed by atoms with Gasteiger partial charge >= 0.3 is 0 Å². The highest BCUT2D eigenvalue weighted by Gasteiger charge is 2.14. The fourth-order valence-corrected chi connectivity index (χ4v) is 2.09. The molecule has 1 heterocycles. The van der Waals surface area contributed by atoms with Crippen molar-refractivity contribution in [2.75, 3.05) is 19.1 Å². The van der Waals surface area contributed by atoms with E-state index in [2.05, 4.69) is 40.9 Å². The summed E-state index contributed by atoms with van der Waals surface area (Å²) < 4.78 is 1.89. The van der Waals surface area contributed by atoms with Gasteiger partial charge in [-0.25, -0.2) is 4.68 Å². The van der Waals surface area contributed by atoms with Gasteiger partial charge < -0.3 is 5.32 Å². The van der Waals surface area contributed by atoms with Crippen molar-refractivity contribution >= 4 is 11.8 Å². The van der Waals surface area contributed by atoms with Gasteiger partial charge in [0.15, 0.2) is 5.82 Å². The largest absolute Gasteiger partial charge is 0.311 e. The first kappa shape index (κ1) is 12.4. The fraction of sp³-hybridized carbons (Fsp3) is 0.889.